The number of carbonyl (C=O) groups is 2. The third-order valence-electron chi connectivity index (χ3n) is 2.65. The number of carbonyl (C=O) groups excluding carboxylic acids is 2. The van der Waals surface area contributed by atoms with Gasteiger partial charge >= 0.3 is 0 Å². The van der Waals surface area contributed by atoms with Crippen LogP contribution < -0.4 is 16.4 Å². The predicted octanol–water partition coefficient (Wildman–Crippen LogP) is 1.28. The Morgan fingerprint density at radius 2 is 1.80 bits per heavy atom. The summed E-state index contributed by atoms with van der Waals surface area (Å²) >= 11 is 0. The lowest BCUT2D eigenvalue weighted by atomic mass is 10.2. The number of hydrogen-bond acceptors (Lipinski definition) is 4. The molecule has 0 unspecified atom stereocenters. The molecular formula is C14H14N4O2. The number of rotatable bonds is 3. The number of hydrogen-bond donors (Lipinski definition) is 3. The number of nitrogens with one attached hydrogen (secondary N) is 2. The van der Waals surface area contributed by atoms with Gasteiger partial charge in [-0.2, -0.15) is 0 Å². The van der Waals surface area contributed by atoms with Crippen molar-refractivity contribution in [1.29, 1.82) is 0 Å². The maximum absolute atomic E-state index is 12.0. The SMILES string of the molecule is CNC(=O)c1cc(NC(=O)c2ccc(N)cc2)ccn1. The van der Waals surface area contributed by atoms with Crippen LogP contribution in [-0.4, -0.2) is 23.8 Å². The third-order valence-corrected chi connectivity index (χ3v) is 2.65. The molecule has 0 atom stereocenters. The van der Waals surface area contributed by atoms with Crippen LogP contribution in [0.5, 0.6) is 0 Å². The smallest absolute Gasteiger partial charge is 0.269 e. The van der Waals surface area contributed by atoms with Gasteiger partial charge in [-0.1, -0.05) is 0 Å². The second-order valence-electron chi connectivity index (χ2n) is 4.09. The Balaban J connectivity index is 2.15. The monoisotopic (exact) mass is 270 g/mol. The van der Waals surface area contributed by atoms with Crippen LogP contribution in [0.3, 0.4) is 0 Å². The number of pyridine rings is 1. The number of nitrogens with zero attached hydrogens (tertiary/aromatic N) is 1. The Kier molecular flexibility index (Phi) is 3.95. The molecule has 0 aliphatic carbocycles. The molecule has 1 aromatic heterocycles. The quantitative estimate of drug-likeness (QED) is 0.732. The second-order valence-corrected chi connectivity index (χ2v) is 4.09. The van der Waals surface area contributed by atoms with Crippen LogP contribution in [0.4, 0.5) is 11.4 Å². The summed E-state index contributed by atoms with van der Waals surface area (Å²) in [4.78, 5) is 27.4. The number of nitrogens with two attached hydrogens (primary N) is 1. The number of amides is 2. The Morgan fingerprint density at radius 1 is 1.10 bits per heavy atom. The molecule has 0 radical (unpaired) electrons. The van der Waals surface area contributed by atoms with Crippen molar-refractivity contribution in [2.24, 2.45) is 0 Å². The van der Waals surface area contributed by atoms with Crippen molar-refractivity contribution in [3.05, 3.63) is 53.9 Å². The molecule has 102 valence electrons. The van der Waals surface area contributed by atoms with E-state index in [0.717, 1.165) is 0 Å². The first-order valence-corrected chi connectivity index (χ1v) is 5.95. The molecular weight excluding hydrogens is 256 g/mol. The lowest BCUT2D eigenvalue weighted by Crippen LogP contribution is -2.19. The van der Waals surface area contributed by atoms with E-state index in [1.54, 1.807) is 30.3 Å². The average Bonchev–Trinajstić information content (AvgIpc) is 2.47. The van der Waals surface area contributed by atoms with Crippen molar-refractivity contribution in [2.45, 2.75) is 0 Å². The van der Waals surface area contributed by atoms with Gasteiger partial charge in [-0.3, -0.25) is 14.6 Å². The normalized spacial score (nSPS) is 9.85. The van der Waals surface area contributed by atoms with Gasteiger partial charge in [0.1, 0.15) is 5.69 Å². The molecule has 2 rings (SSSR count). The van der Waals surface area contributed by atoms with Gasteiger partial charge in [0, 0.05) is 30.2 Å². The fourth-order valence-corrected chi connectivity index (χ4v) is 1.60. The molecule has 2 amide bonds. The zero-order valence-electron chi connectivity index (χ0n) is 10.9. The minimum Gasteiger partial charge on any atom is -0.399 e. The molecule has 0 aliphatic heterocycles. The van der Waals surface area contributed by atoms with Gasteiger partial charge in [-0.15, -0.1) is 0 Å². The van der Waals surface area contributed by atoms with Gasteiger partial charge in [-0.05, 0) is 36.4 Å². The number of anilines is 2. The Labute approximate surface area is 116 Å². The zero-order chi connectivity index (χ0) is 14.5. The predicted molar refractivity (Wildman–Crippen MR) is 76.4 cm³/mol. The molecule has 6 heteroatoms. The van der Waals surface area contributed by atoms with Crippen molar-refractivity contribution in [3.8, 4) is 0 Å². The number of benzene rings is 1. The summed E-state index contributed by atoms with van der Waals surface area (Å²) in [7, 11) is 1.52. The first-order chi connectivity index (χ1) is 9.60. The second kappa shape index (κ2) is 5.83. The maximum Gasteiger partial charge on any atom is 0.269 e. The van der Waals surface area contributed by atoms with Crippen LogP contribution in [-0.2, 0) is 0 Å². The van der Waals surface area contributed by atoms with Crippen LogP contribution in [0.1, 0.15) is 20.8 Å². The molecule has 6 nitrogen and oxygen atoms in total. The van der Waals surface area contributed by atoms with Crippen LogP contribution in [0.15, 0.2) is 42.6 Å². The van der Waals surface area contributed by atoms with Crippen molar-refractivity contribution in [3.63, 3.8) is 0 Å². The first-order valence-electron chi connectivity index (χ1n) is 5.95. The van der Waals surface area contributed by atoms with Gasteiger partial charge in [-0.25, -0.2) is 0 Å². The fraction of sp³-hybridized carbons (Fsp3) is 0.0714. The van der Waals surface area contributed by atoms with Crippen LogP contribution >= 0.6 is 0 Å². The largest absolute Gasteiger partial charge is 0.399 e. The van der Waals surface area contributed by atoms with Crippen LogP contribution in [0.2, 0.25) is 0 Å². The molecule has 0 fully saturated rings. The average molecular weight is 270 g/mol. The molecule has 4 N–H and O–H groups in total. The van der Waals surface area contributed by atoms with Crippen molar-refractivity contribution in [1.82, 2.24) is 10.3 Å². The minimum absolute atomic E-state index is 0.239. The summed E-state index contributed by atoms with van der Waals surface area (Å²) in [5.74, 6) is -0.590. The fourth-order valence-electron chi connectivity index (χ4n) is 1.60. The third kappa shape index (κ3) is 3.11. The van der Waals surface area contributed by atoms with Gasteiger partial charge in [0.05, 0.1) is 0 Å². The van der Waals surface area contributed by atoms with Crippen molar-refractivity contribution in [2.75, 3.05) is 18.1 Å². The van der Waals surface area contributed by atoms with Crippen molar-refractivity contribution >= 4 is 23.2 Å². The van der Waals surface area contributed by atoms with E-state index in [9.17, 15) is 9.59 Å². The highest BCUT2D eigenvalue weighted by Crippen LogP contribution is 2.11. The van der Waals surface area contributed by atoms with Gasteiger partial charge in [0.2, 0.25) is 0 Å². The summed E-state index contributed by atoms with van der Waals surface area (Å²) in [5.41, 5.74) is 7.38. The van der Waals surface area contributed by atoms with E-state index < -0.39 is 0 Å². The highest BCUT2D eigenvalue weighted by atomic mass is 16.2. The molecule has 0 aliphatic rings. The number of nitrogen functional groups attached to an aromatic ring is 1. The molecule has 0 spiro atoms. The van der Waals surface area contributed by atoms with E-state index in [4.69, 9.17) is 5.73 Å². The highest BCUT2D eigenvalue weighted by Gasteiger charge is 2.09. The van der Waals surface area contributed by atoms with E-state index in [-0.39, 0.29) is 17.5 Å². The lowest BCUT2D eigenvalue weighted by Gasteiger charge is -2.06. The zero-order valence-corrected chi connectivity index (χ0v) is 10.9. The molecule has 2 aromatic rings. The highest BCUT2D eigenvalue weighted by molar-refractivity contribution is 6.05. The van der Waals surface area contributed by atoms with Crippen molar-refractivity contribution < 1.29 is 9.59 Å². The van der Waals surface area contributed by atoms with E-state index in [1.807, 2.05) is 0 Å². The molecule has 0 bridgehead atoms. The molecule has 1 heterocycles. The lowest BCUT2D eigenvalue weighted by molar-refractivity contribution is 0.0956. The maximum atomic E-state index is 12.0. The van der Waals surface area contributed by atoms with E-state index in [1.165, 1.54) is 19.3 Å². The first kappa shape index (κ1) is 13.5. The van der Waals surface area contributed by atoms with Gasteiger partial charge in [0.15, 0.2) is 0 Å². The molecule has 0 saturated heterocycles. The Hall–Kier alpha value is -2.89. The Bertz CT molecular complexity index is 638. The Morgan fingerprint density at radius 3 is 2.45 bits per heavy atom. The molecule has 1 aromatic carbocycles. The molecule has 20 heavy (non-hydrogen) atoms. The summed E-state index contributed by atoms with van der Waals surface area (Å²) < 4.78 is 0. The summed E-state index contributed by atoms with van der Waals surface area (Å²) in [6, 6.07) is 9.68. The van der Waals surface area contributed by atoms with Gasteiger partial charge in [0.25, 0.3) is 11.8 Å². The van der Waals surface area contributed by atoms with Crippen LogP contribution in [0, 0.1) is 0 Å². The van der Waals surface area contributed by atoms with E-state index in [2.05, 4.69) is 15.6 Å². The minimum atomic E-state index is -0.311. The number of aromatic nitrogens is 1. The van der Waals surface area contributed by atoms with Crippen LogP contribution in [0.25, 0.3) is 0 Å². The summed E-state index contributed by atoms with van der Waals surface area (Å²) in [6.45, 7) is 0. The van der Waals surface area contributed by atoms with Gasteiger partial charge < -0.3 is 16.4 Å². The summed E-state index contributed by atoms with van der Waals surface area (Å²) in [5, 5.41) is 5.17. The standard InChI is InChI=1S/C14H14N4O2/c1-16-14(20)12-8-11(6-7-17-12)18-13(19)9-2-4-10(15)5-3-9/h2-8H,15H2,1H3,(H,16,20)(H,17,18,19). The molecule has 0 saturated carbocycles. The van der Waals surface area contributed by atoms with E-state index in [0.29, 0.717) is 16.9 Å². The van der Waals surface area contributed by atoms with E-state index >= 15 is 0 Å². The summed E-state index contributed by atoms with van der Waals surface area (Å²) in [6.07, 6.45) is 1.46. The topological polar surface area (TPSA) is 97.1 Å².